The Morgan fingerprint density at radius 2 is 1.84 bits per heavy atom. The molecule has 1 amide bonds. The molecule has 2 rings (SSSR count). The fourth-order valence-electron chi connectivity index (χ4n) is 2.48. The molecule has 7 nitrogen and oxygen atoms in total. The standard InChI is InChI=1S/C19H18ClF3N2O5S/c1-25(9-8-17(26)30-2)18(27)15-11-14(6-7-16(15)20)31(28,29)24-13-5-3-4-12(10-13)19(21,22)23/h3-7,10-11,24H,8-9H2,1-2H3. The molecule has 0 spiro atoms. The topological polar surface area (TPSA) is 92.8 Å². The number of hydrogen-bond donors (Lipinski definition) is 1. The van der Waals surface area contributed by atoms with Gasteiger partial charge in [-0.2, -0.15) is 13.2 Å². The number of ether oxygens (including phenoxy) is 1. The van der Waals surface area contributed by atoms with Gasteiger partial charge in [0.15, 0.2) is 0 Å². The second-order valence-corrected chi connectivity index (χ2v) is 8.47. The lowest BCUT2D eigenvalue weighted by molar-refractivity contribution is -0.141. The number of anilines is 1. The van der Waals surface area contributed by atoms with E-state index in [-0.39, 0.29) is 34.1 Å². The highest BCUT2D eigenvalue weighted by Crippen LogP contribution is 2.31. The number of hydrogen-bond acceptors (Lipinski definition) is 5. The van der Waals surface area contributed by atoms with Gasteiger partial charge in [0.1, 0.15) is 0 Å². The number of rotatable bonds is 7. The number of amides is 1. The average molecular weight is 479 g/mol. The van der Waals surface area contributed by atoms with Crippen molar-refractivity contribution in [1.29, 1.82) is 0 Å². The maximum Gasteiger partial charge on any atom is 0.416 e. The molecule has 0 radical (unpaired) electrons. The molecule has 0 saturated carbocycles. The minimum absolute atomic E-state index is 0.00129. The summed E-state index contributed by atoms with van der Waals surface area (Å²) in [5.41, 5.74) is -1.47. The quantitative estimate of drug-likeness (QED) is 0.611. The molecule has 1 N–H and O–H groups in total. The lowest BCUT2D eigenvalue weighted by atomic mass is 10.2. The molecule has 0 heterocycles. The van der Waals surface area contributed by atoms with Gasteiger partial charge in [-0.05, 0) is 36.4 Å². The molecule has 31 heavy (non-hydrogen) atoms. The van der Waals surface area contributed by atoms with Gasteiger partial charge >= 0.3 is 12.1 Å². The Labute approximate surface area is 181 Å². The number of nitrogens with zero attached hydrogens (tertiary/aromatic N) is 1. The van der Waals surface area contributed by atoms with E-state index in [0.717, 1.165) is 35.2 Å². The van der Waals surface area contributed by atoms with Crippen molar-refractivity contribution < 1.29 is 35.9 Å². The van der Waals surface area contributed by atoms with Crippen LogP contribution in [0.3, 0.4) is 0 Å². The summed E-state index contributed by atoms with van der Waals surface area (Å²) in [6.45, 7) is 0.00129. The first kappa shape index (κ1) is 24.5. The van der Waals surface area contributed by atoms with Crippen LogP contribution in [0, 0.1) is 0 Å². The zero-order valence-corrected chi connectivity index (χ0v) is 17.9. The van der Waals surface area contributed by atoms with Crippen molar-refractivity contribution in [2.75, 3.05) is 25.4 Å². The first-order valence-electron chi connectivity index (χ1n) is 8.67. The van der Waals surface area contributed by atoms with E-state index in [9.17, 15) is 31.2 Å². The molecule has 0 fully saturated rings. The van der Waals surface area contributed by atoms with Crippen LogP contribution in [0.1, 0.15) is 22.3 Å². The van der Waals surface area contributed by atoms with E-state index >= 15 is 0 Å². The van der Waals surface area contributed by atoms with Crippen LogP contribution >= 0.6 is 11.6 Å². The molecule has 0 unspecified atom stereocenters. The molecule has 0 aromatic heterocycles. The van der Waals surface area contributed by atoms with Crippen LogP contribution in [0.4, 0.5) is 18.9 Å². The molecule has 12 heteroatoms. The molecule has 0 bridgehead atoms. The smallest absolute Gasteiger partial charge is 0.416 e. The summed E-state index contributed by atoms with van der Waals surface area (Å²) in [6, 6.07) is 6.99. The molecule has 0 aliphatic carbocycles. The molecule has 0 saturated heterocycles. The van der Waals surface area contributed by atoms with Gasteiger partial charge in [-0.1, -0.05) is 17.7 Å². The number of halogens is 4. The Morgan fingerprint density at radius 1 is 1.16 bits per heavy atom. The van der Waals surface area contributed by atoms with Crippen molar-refractivity contribution in [3.05, 3.63) is 58.6 Å². The van der Waals surface area contributed by atoms with Gasteiger partial charge in [0.25, 0.3) is 15.9 Å². The van der Waals surface area contributed by atoms with Crippen molar-refractivity contribution in [3.63, 3.8) is 0 Å². The van der Waals surface area contributed by atoms with Crippen molar-refractivity contribution in [3.8, 4) is 0 Å². The Kier molecular flexibility index (Phi) is 7.55. The third kappa shape index (κ3) is 6.34. The number of nitrogens with one attached hydrogen (secondary N) is 1. The molecular formula is C19H18ClF3N2O5S. The maximum atomic E-state index is 12.9. The van der Waals surface area contributed by atoms with Crippen LogP contribution in [0.25, 0.3) is 0 Å². The zero-order valence-electron chi connectivity index (χ0n) is 16.4. The van der Waals surface area contributed by atoms with E-state index in [1.807, 2.05) is 0 Å². The summed E-state index contributed by atoms with van der Waals surface area (Å²) in [5, 5.41) is -0.0343. The number of carbonyl (C=O) groups is 2. The van der Waals surface area contributed by atoms with Crippen LogP contribution in [0.15, 0.2) is 47.4 Å². The molecule has 2 aromatic rings. The van der Waals surface area contributed by atoms with Gasteiger partial charge in [0.2, 0.25) is 0 Å². The van der Waals surface area contributed by atoms with Gasteiger partial charge in [0.05, 0.1) is 34.6 Å². The first-order valence-corrected chi connectivity index (χ1v) is 10.5. The number of esters is 1. The van der Waals surface area contributed by atoms with Crippen LogP contribution in [0.2, 0.25) is 5.02 Å². The molecule has 2 aromatic carbocycles. The maximum absolute atomic E-state index is 12.9. The molecule has 0 aliphatic rings. The minimum atomic E-state index is -4.64. The fourth-order valence-corrected chi connectivity index (χ4v) is 3.75. The molecule has 168 valence electrons. The van der Waals surface area contributed by atoms with Gasteiger partial charge in [0, 0.05) is 19.3 Å². The zero-order chi connectivity index (χ0) is 23.4. The van der Waals surface area contributed by atoms with E-state index in [1.165, 1.54) is 20.2 Å². The third-order valence-corrected chi connectivity index (χ3v) is 5.85. The summed E-state index contributed by atoms with van der Waals surface area (Å²) >= 11 is 6.03. The van der Waals surface area contributed by atoms with Crippen LogP contribution in [-0.4, -0.2) is 45.9 Å². The lowest BCUT2D eigenvalue weighted by Gasteiger charge is -2.18. The number of sulfonamides is 1. The molecule has 0 atom stereocenters. The van der Waals surface area contributed by atoms with Crippen molar-refractivity contribution >= 4 is 39.2 Å². The van der Waals surface area contributed by atoms with Crippen molar-refractivity contribution in [1.82, 2.24) is 4.90 Å². The van der Waals surface area contributed by atoms with Crippen molar-refractivity contribution in [2.24, 2.45) is 0 Å². The number of alkyl halides is 3. The summed E-state index contributed by atoms with van der Waals surface area (Å²) < 4.78 is 70.4. The van der Waals surface area contributed by atoms with Gasteiger partial charge in [-0.3, -0.25) is 14.3 Å². The largest absolute Gasteiger partial charge is 0.469 e. The Morgan fingerprint density at radius 3 is 2.45 bits per heavy atom. The van der Waals surface area contributed by atoms with E-state index in [0.29, 0.717) is 6.07 Å². The number of carbonyl (C=O) groups excluding carboxylic acids is 2. The fraction of sp³-hybridized carbons (Fsp3) is 0.263. The Balaban J connectivity index is 2.29. The second-order valence-electron chi connectivity index (χ2n) is 6.38. The predicted molar refractivity (Wildman–Crippen MR) is 107 cm³/mol. The van der Waals surface area contributed by atoms with Gasteiger partial charge < -0.3 is 9.64 Å². The minimum Gasteiger partial charge on any atom is -0.469 e. The van der Waals surface area contributed by atoms with E-state index in [2.05, 4.69) is 9.46 Å². The SMILES string of the molecule is COC(=O)CCN(C)C(=O)c1cc(S(=O)(=O)Nc2cccc(C(F)(F)F)c2)ccc1Cl. The second kappa shape index (κ2) is 9.56. The third-order valence-electron chi connectivity index (χ3n) is 4.15. The highest BCUT2D eigenvalue weighted by atomic mass is 35.5. The summed E-state index contributed by atoms with van der Waals surface area (Å²) in [7, 11) is -1.73. The van der Waals surface area contributed by atoms with Gasteiger partial charge in [-0.15, -0.1) is 0 Å². The van der Waals surface area contributed by atoms with Gasteiger partial charge in [-0.25, -0.2) is 8.42 Å². The predicted octanol–water partition coefficient (Wildman–Crippen LogP) is 3.79. The molecular weight excluding hydrogens is 461 g/mol. The molecule has 0 aliphatic heterocycles. The summed E-state index contributed by atoms with van der Waals surface area (Å²) in [6.07, 6.45) is -4.72. The normalized spacial score (nSPS) is 11.7. The van der Waals surface area contributed by atoms with Crippen LogP contribution in [-0.2, 0) is 25.7 Å². The van der Waals surface area contributed by atoms with E-state index in [1.54, 1.807) is 0 Å². The summed E-state index contributed by atoms with van der Waals surface area (Å²) in [5.74, 6) is -1.18. The summed E-state index contributed by atoms with van der Waals surface area (Å²) in [4.78, 5) is 24.6. The van der Waals surface area contributed by atoms with Crippen LogP contribution < -0.4 is 4.72 Å². The number of benzene rings is 2. The van der Waals surface area contributed by atoms with E-state index < -0.39 is 33.6 Å². The van der Waals surface area contributed by atoms with Crippen LogP contribution in [0.5, 0.6) is 0 Å². The van der Waals surface area contributed by atoms with Crippen molar-refractivity contribution in [2.45, 2.75) is 17.5 Å². The van der Waals surface area contributed by atoms with E-state index in [4.69, 9.17) is 11.6 Å². The lowest BCUT2D eigenvalue weighted by Crippen LogP contribution is -2.29. The first-order chi connectivity index (χ1) is 14.3. The Bertz CT molecular complexity index is 1090. The highest BCUT2D eigenvalue weighted by molar-refractivity contribution is 7.92. The number of methoxy groups -OCH3 is 1. The average Bonchev–Trinajstić information content (AvgIpc) is 2.70. The highest BCUT2D eigenvalue weighted by Gasteiger charge is 2.31. The Hall–Kier alpha value is -2.79. The monoisotopic (exact) mass is 478 g/mol.